The summed E-state index contributed by atoms with van der Waals surface area (Å²) in [6, 6.07) is 0.907. The summed E-state index contributed by atoms with van der Waals surface area (Å²) in [4.78, 5) is 22.3. The summed E-state index contributed by atoms with van der Waals surface area (Å²) in [5.74, 6) is -2.32. The largest absolute Gasteiger partial charge is 0.465 e. The maximum absolute atomic E-state index is 13.3. The summed E-state index contributed by atoms with van der Waals surface area (Å²) in [5, 5.41) is 4.32. The van der Waals surface area contributed by atoms with Crippen LogP contribution >= 0.6 is 15.9 Å². The predicted molar refractivity (Wildman–Crippen MR) is 67.7 cm³/mol. The lowest BCUT2D eigenvalue weighted by molar-refractivity contribution is -0.141. The van der Waals surface area contributed by atoms with E-state index in [1.807, 2.05) is 0 Å². The minimum absolute atomic E-state index is 0.00888. The zero-order chi connectivity index (χ0) is 14.4. The number of hydrogen-bond donors (Lipinski definition) is 2. The molecule has 0 bridgehead atoms. The number of amides is 2. The van der Waals surface area contributed by atoms with Crippen LogP contribution in [0.2, 0.25) is 0 Å². The van der Waals surface area contributed by atoms with Gasteiger partial charge in [0.05, 0.1) is 16.8 Å². The highest BCUT2D eigenvalue weighted by Gasteiger charge is 2.11. The zero-order valence-corrected chi connectivity index (χ0v) is 11.5. The molecule has 2 N–H and O–H groups in total. The monoisotopic (exact) mass is 336 g/mol. The van der Waals surface area contributed by atoms with E-state index in [0.717, 1.165) is 6.07 Å². The molecular weight excluding hydrogens is 326 g/mol. The van der Waals surface area contributed by atoms with Gasteiger partial charge in [0, 0.05) is 6.07 Å². The van der Waals surface area contributed by atoms with E-state index in [0.29, 0.717) is 6.07 Å². The number of urea groups is 1. The van der Waals surface area contributed by atoms with Gasteiger partial charge in [-0.25, -0.2) is 13.6 Å². The first-order valence-electron chi connectivity index (χ1n) is 5.29. The van der Waals surface area contributed by atoms with Crippen molar-refractivity contribution in [1.29, 1.82) is 0 Å². The van der Waals surface area contributed by atoms with Gasteiger partial charge in [-0.3, -0.25) is 4.79 Å². The topological polar surface area (TPSA) is 67.4 Å². The Hall–Kier alpha value is -1.70. The Kier molecular flexibility index (Phi) is 5.68. The Balaban J connectivity index is 2.58. The average Bonchev–Trinajstić information content (AvgIpc) is 2.34. The Morgan fingerprint density at radius 1 is 1.32 bits per heavy atom. The van der Waals surface area contributed by atoms with Crippen LogP contribution in [0.25, 0.3) is 0 Å². The van der Waals surface area contributed by atoms with Gasteiger partial charge in [0.25, 0.3) is 0 Å². The number of hydrogen-bond acceptors (Lipinski definition) is 3. The summed E-state index contributed by atoms with van der Waals surface area (Å²) in [6.07, 6.45) is 0. The third-order valence-electron chi connectivity index (χ3n) is 1.96. The molecular formula is C11H11BrF2N2O3. The Bertz CT molecular complexity index is 497. The van der Waals surface area contributed by atoms with Crippen molar-refractivity contribution in [3.63, 3.8) is 0 Å². The molecule has 0 aliphatic rings. The maximum atomic E-state index is 13.3. The molecule has 2 amide bonds. The quantitative estimate of drug-likeness (QED) is 0.655. The van der Waals surface area contributed by atoms with Crippen LogP contribution in [0.1, 0.15) is 6.92 Å². The van der Waals surface area contributed by atoms with Gasteiger partial charge < -0.3 is 15.4 Å². The number of carbonyl (C=O) groups is 2. The molecule has 1 aromatic carbocycles. The van der Waals surface area contributed by atoms with Crippen molar-refractivity contribution in [2.45, 2.75) is 6.92 Å². The normalized spacial score (nSPS) is 9.89. The molecule has 0 saturated carbocycles. The highest BCUT2D eigenvalue weighted by atomic mass is 79.9. The molecule has 19 heavy (non-hydrogen) atoms. The summed E-state index contributed by atoms with van der Waals surface area (Å²) in [5.41, 5.74) is -0.213. The van der Waals surface area contributed by atoms with E-state index in [9.17, 15) is 18.4 Å². The molecule has 104 valence electrons. The number of halogens is 3. The number of anilines is 1. The van der Waals surface area contributed by atoms with Crippen molar-refractivity contribution >= 4 is 33.6 Å². The van der Waals surface area contributed by atoms with Gasteiger partial charge in [-0.2, -0.15) is 0 Å². The Morgan fingerprint density at radius 3 is 2.63 bits per heavy atom. The van der Waals surface area contributed by atoms with Gasteiger partial charge in [-0.1, -0.05) is 0 Å². The maximum Gasteiger partial charge on any atom is 0.325 e. The van der Waals surface area contributed by atoms with E-state index in [4.69, 9.17) is 0 Å². The highest BCUT2D eigenvalue weighted by Crippen LogP contribution is 2.23. The number of benzene rings is 1. The lowest BCUT2D eigenvalue weighted by atomic mass is 10.3. The molecule has 0 unspecified atom stereocenters. The summed E-state index contributed by atoms with van der Waals surface area (Å²) < 4.78 is 30.9. The molecule has 8 heteroatoms. The van der Waals surface area contributed by atoms with Crippen LogP contribution in [0.5, 0.6) is 0 Å². The third-order valence-corrected chi connectivity index (χ3v) is 2.56. The van der Waals surface area contributed by atoms with Crippen LogP contribution < -0.4 is 10.6 Å². The first-order valence-corrected chi connectivity index (χ1v) is 6.08. The van der Waals surface area contributed by atoms with Gasteiger partial charge >= 0.3 is 12.0 Å². The fourth-order valence-electron chi connectivity index (χ4n) is 1.15. The van der Waals surface area contributed by atoms with Crippen LogP contribution in [-0.2, 0) is 9.53 Å². The van der Waals surface area contributed by atoms with Gasteiger partial charge in [0.15, 0.2) is 0 Å². The number of ether oxygens (including phenoxy) is 1. The summed E-state index contributed by atoms with van der Waals surface area (Å²) >= 11 is 2.87. The summed E-state index contributed by atoms with van der Waals surface area (Å²) in [6.45, 7) is 1.48. The molecule has 5 nitrogen and oxygen atoms in total. The van der Waals surface area contributed by atoms with Crippen LogP contribution in [0.4, 0.5) is 19.3 Å². The molecule has 0 aliphatic carbocycles. The number of rotatable bonds is 4. The molecule has 0 heterocycles. The fourth-order valence-corrected chi connectivity index (χ4v) is 1.49. The second-order valence-corrected chi connectivity index (χ2v) is 4.21. The molecule has 0 saturated heterocycles. The minimum Gasteiger partial charge on any atom is -0.465 e. The van der Waals surface area contributed by atoms with E-state index < -0.39 is 23.6 Å². The second kappa shape index (κ2) is 7.03. The lowest BCUT2D eigenvalue weighted by Crippen LogP contribution is -2.34. The van der Waals surface area contributed by atoms with Crippen molar-refractivity contribution in [2.75, 3.05) is 18.5 Å². The van der Waals surface area contributed by atoms with Crippen LogP contribution in [0, 0.1) is 11.6 Å². The van der Waals surface area contributed by atoms with Crippen molar-refractivity contribution < 1.29 is 23.1 Å². The van der Waals surface area contributed by atoms with Crippen LogP contribution in [0.15, 0.2) is 16.6 Å². The van der Waals surface area contributed by atoms with Crippen molar-refractivity contribution in [3.8, 4) is 0 Å². The molecule has 0 aromatic heterocycles. The molecule has 0 spiro atoms. The minimum atomic E-state index is -0.924. The first kappa shape index (κ1) is 15.4. The average molecular weight is 337 g/mol. The highest BCUT2D eigenvalue weighted by molar-refractivity contribution is 9.10. The fraction of sp³-hybridized carbons (Fsp3) is 0.273. The SMILES string of the molecule is CCOC(=O)CNC(=O)Nc1cc(Br)c(F)cc1F. The molecule has 0 atom stereocenters. The molecule has 0 fully saturated rings. The number of nitrogens with one attached hydrogen (secondary N) is 2. The molecule has 1 rings (SSSR count). The first-order chi connectivity index (χ1) is 8.93. The van der Waals surface area contributed by atoms with Gasteiger partial charge in [-0.05, 0) is 28.9 Å². The third kappa shape index (κ3) is 4.82. The Labute approximate surface area is 116 Å². The second-order valence-electron chi connectivity index (χ2n) is 3.36. The van der Waals surface area contributed by atoms with Gasteiger partial charge in [0.2, 0.25) is 0 Å². The smallest absolute Gasteiger partial charge is 0.325 e. The van der Waals surface area contributed by atoms with E-state index in [-0.39, 0.29) is 23.3 Å². The van der Waals surface area contributed by atoms with E-state index in [1.165, 1.54) is 0 Å². The van der Waals surface area contributed by atoms with E-state index in [1.54, 1.807) is 6.92 Å². The molecule has 1 aromatic rings. The molecule has 0 radical (unpaired) electrons. The standard InChI is InChI=1S/C11H11BrF2N2O3/c1-2-19-10(17)5-15-11(18)16-9-3-6(12)7(13)4-8(9)14/h3-4H,2,5H2,1H3,(H2,15,16,18). The van der Waals surface area contributed by atoms with E-state index in [2.05, 4.69) is 31.3 Å². The summed E-state index contributed by atoms with van der Waals surface area (Å²) in [7, 11) is 0. The number of carbonyl (C=O) groups excluding carboxylic acids is 2. The van der Waals surface area contributed by atoms with Crippen LogP contribution in [0.3, 0.4) is 0 Å². The molecule has 0 aliphatic heterocycles. The van der Waals surface area contributed by atoms with Gasteiger partial charge in [0.1, 0.15) is 18.2 Å². The van der Waals surface area contributed by atoms with Crippen molar-refractivity contribution in [2.24, 2.45) is 0 Å². The van der Waals surface area contributed by atoms with Gasteiger partial charge in [-0.15, -0.1) is 0 Å². The number of esters is 1. The van der Waals surface area contributed by atoms with Crippen molar-refractivity contribution in [1.82, 2.24) is 5.32 Å². The zero-order valence-electron chi connectivity index (χ0n) is 9.93. The van der Waals surface area contributed by atoms with E-state index >= 15 is 0 Å². The predicted octanol–water partition coefficient (Wildman–Crippen LogP) is 2.41. The Morgan fingerprint density at radius 2 is 2.00 bits per heavy atom. The van der Waals surface area contributed by atoms with Crippen molar-refractivity contribution in [3.05, 3.63) is 28.2 Å². The van der Waals surface area contributed by atoms with Crippen LogP contribution in [-0.4, -0.2) is 25.2 Å². The lowest BCUT2D eigenvalue weighted by Gasteiger charge is -2.08.